The number of halogens is 2. The molecule has 32 heavy (non-hydrogen) atoms. The fraction of sp³-hybridized carbons (Fsp3) is 0.591. The first-order valence-corrected chi connectivity index (χ1v) is 12.7. The molecule has 1 heterocycles. The van der Waals surface area contributed by atoms with Gasteiger partial charge in [0.1, 0.15) is 0 Å². The maximum atomic E-state index is 12.9. The molecule has 1 aromatic carbocycles. The Hall–Kier alpha value is -1.81. The Morgan fingerprint density at radius 1 is 1.12 bits per heavy atom. The number of carbonyl (C=O) groups excluding carboxylic acids is 3. The first-order chi connectivity index (χ1) is 15.2. The third-order valence-electron chi connectivity index (χ3n) is 7.05. The smallest absolute Gasteiger partial charge is 0.274 e. The largest absolute Gasteiger partial charge is 0.326 e. The third-order valence-corrected chi connectivity index (χ3v) is 10.3. The number of imide groups is 1. The highest BCUT2D eigenvalue weighted by molar-refractivity contribution is 9.12. The summed E-state index contributed by atoms with van der Waals surface area (Å²) >= 11 is 7.38. The third kappa shape index (κ3) is 4.11. The van der Waals surface area contributed by atoms with Crippen LogP contribution in [-0.4, -0.2) is 43.7 Å². The minimum atomic E-state index is -0.471. The summed E-state index contributed by atoms with van der Waals surface area (Å²) in [5.41, 5.74) is 0.907. The Kier molecular flexibility index (Phi) is 6.72. The minimum absolute atomic E-state index is 0.0292. The number of nitro benzene ring substituents is 1. The molecule has 3 aliphatic rings. The molecule has 10 heteroatoms. The van der Waals surface area contributed by atoms with Gasteiger partial charge in [-0.1, -0.05) is 44.3 Å². The number of hydrogen-bond acceptors (Lipinski definition) is 5. The molecule has 172 valence electrons. The molecule has 0 unspecified atom stereocenters. The fourth-order valence-electron chi connectivity index (χ4n) is 5.47. The second-order valence-corrected chi connectivity index (χ2v) is 11.1. The molecule has 3 amide bonds. The lowest BCUT2D eigenvalue weighted by Gasteiger charge is -2.28. The van der Waals surface area contributed by atoms with Crippen molar-refractivity contribution in [1.29, 1.82) is 0 Å². The van der Waals surface area contributed by atoms with Crippen LogP contribution >= 0.6 is 31.9 Å². The standard InChI is InChI=1S/C22H25Br2N3O5/c1-11-6-7-12(9-15(11)27(31)32)25-16(28)5-3-2-4-8-26-21(29)17-13-10-14(18(17)22(26)30)20(24)19(13)23/h6-7,9,13-14,17-20H,2-5,8,10H2,1H3,(H,25,28)/t13-,14-,17-,18-,19+,20+/m1/s1. The number of nitro groups is 1. The van der Waals surface area contributed by atoms with Crippen molar-refractivity contribution in [1.82, 2.24) is 4.90 Å². The predicted octanol–water partition coefficient (Wildman–Crippen LogP) is 4.18. The molecule has 1 aliphatic heterocycles. The average molecular weight is 571 g/mol. The van der Waals surface area contributed by atoms with E-state index < -0.39 is 4.92 Å². The second kappa shape index (κ2) is 9.21. The van der Waals surface area contributed by atoms with Crippen LogP contribution in [0.15, 0.2) is 18.2 Å². The molecule has 1 N–H and O–H groups in total. The Morgan fingerprint density at radius 3 is 2.34 bits per heavy atom. The van der Waals surface area contributed by atoms with Gasteiger partial charge in [0.2, 0.25) is 17.7 Å². The maximum absolute atomic E-state index is 12.9. The van der Waals surface area contributed by atoms with E-state index in [2.05, 4.69) is 37.2 Å². The Morgan fingerprint density at radius 2 is 1.75 bits per heavy atom. The van der Waals surface area contributed by atoms with Crippen LogP contribution in [-0.2, 0) is 14.4 Å². The summed E-state index contributed by atoms with van der Waals surface area (Å²) in [5, 5.41) is 13.7. The number of nitrogens with one attached hydrogen (secondary N) is 1. The number of fused-ring (bicyclic) bond motifs is 5. The van der Waals surface area contributed by atoms with Crippen molar-refractivity contribution in [2.45, 2.75) is 48.7 Å². The Labute approximate surface area is 202 Å². The highest BCUT2D eigenvalue weighted by Gasteiger charge is 2.66. The van der Waals surface area contributed by atoms with Crippen LogP contribution in [0.25, 0.3) is 0 Å². The minimum Gasteiger partial charge on any atom is -0.326 e. The van der Waals surface area contributed by atoms with Gasteiger partial charge < -0.3 is 5.32 Å². The van der Waals surface area contributed by atoms with E-state index in [0.29, 0.717) is 37.1 Å². The van der Waals surface area contributed by atoms with Gasteiger partial charge in [0.25, 0.3) is 5.69 Å². The first-order valence-electron chi connectivity index (χ1n) is 10.9. The van der Waals surface area contributed by atoms with E-state index in [4.69, 9.17) is 0 Å². The van der Waals surface area contributed by atoms with E-state index in [1.165, 1.54) is 11.0 Å². The van der Waals surface area contributed by atoms with E-state index in [-0.39, 0.29) is 63.2 Å². The molecule has 2 saturated carbocycles. The van der Waals surface area contributed by atoms with Crippen LogP contribution in [0.3, 0.4) is 0 Å². The highest BCUT2D eigenvalue weighted by atomic mass is 79.9. The average Bonchev–Trinajstić information content (AvgIpc) is 3.35. The number of likely N-dealkylation sites (tertiary alicyclic amines) is 1. The zero-order valence-electron chi connectivity index (χ0n) is 17.6. The molecule has 2 bridgehead atoms. The van der Waals surface area contributed by atoms with Crippen LogP contribution in [0.2, 0.25) is 0 Å². The molecule has 0 aromatic heterocycles. The van der Waals surface area contributed by atoms with E-state index in [1.807, 2.05) is 0 Å². The van der Waals surface area contributed by atoms with Gasteiger partial charge in [-0.2, -0.15) is 0 Å². The van der Waals surface area contributed by atoms with Crippen molar-refractivity contribution in [3.8, 4) is 0 Å². The number of unbranched alkanes of at least 4 members (excludes halogenated alkanes) is 2. The number of benzene rings is 1. The lowest BCUT2D eigenvalue weighted by Crippen LogP contribution is -2.37. The second-order valence-electron chi connectivity index (χ2n) is 8.95. The van der Waals surface area contributed by atoms with E-state index in [1.54, 1.807) is 19.1 Å². The predicted molar refractivity (Wildman–Crippen MR) is 126 cm³/mol. The summed E-state index contributed by atoms with van der Waals surface area (Å²) in [6.07, 6.45) is 3.18. The lowest BCUT2D eigenvalue weighted by atomic mass is 9.81. The summed E-state index contributed by atoms with van der Waals surface area (Å²) in [7, 11) is 0. The van der Waals surface area contributed by atoms with Gasteiger partial charge in [0.05, 0.1) is 16.8 Å². The van der Waals surface area contributed by atoms with E-state index in [0.717, 1.165) is 6.42 Å². The number of rotatable bonds is 8. The molecule has 2 aliphatic carbocycles. The van der Waals surface area contributed by atoms with Gasteiger partial charge in [-0.15, -0.1) is 0 Å². The topological polar surface area (TPSA) is 110 Å². The Balaban J connectivity index is 1.21. The highest BCUT2D eigenvalue weighted by Crippen LogP contribution is 2.60. The van der Waals surface area contributed by atoms with Crippen LogP contribution < -0.4 is 5.32 Å². The van der Waals surface area contributed by atoms with Crippen LogP contribution in [0.1, 0.15) is 37.7 Å². The number of amides is 3. The fourth-order valence-corrected chi connectivity index (χ4v) is 7.34. The number of hydrogen-bond donors (Lipinski definition) is 1. The molecule has 8 nitrogen and oxygen atoms in total. The molecule has 3 fully saturated rings. The number of anilines is 1. The molecule has 1 saturated heterocycles. The molecule has 0 spiro atoms. The van der Waals surface area contributed by atoms with Crippen LogP contribution in [0.5, 0.6) is 0 Å². The number of nitrogens with zero attached hydrogens (tertiary/aromatic N) is 2. The van der Waals surface area contributed by atoms with Crippen LogP contribution in [0, 0.1) is 40.7 Å². The lowest BCUT2D eigenvalue weighted by molar-refractivity contribution is -0.385. The van der Waals surface area contributed by atoms with Crippen molar-refractivity contribution >= 4 is 61.0 Å². The molecule has 1 aromatic rings. The van der Waals surface area contributed by atoms with E-state index in [9.17, 15) is 24.5 Å². The Bertz CT molecular complexity index is 939. The van der Waals surface area contributed by atoms with Gasteiger partial charge in [-0.3, -0.25) is 29.4 Å². The van der Waals surface area contributed by atoms with Crippen molar-refractivity contribution < 1.29 is 19.3 Å². The van der Waals surface area contributed by atoms with Gasteiger partial charge in [-0.05, 0) is 44.1 Å². The molecular formula is C22H25Br2N3O5. The van der Waals surface area contributed by atoms with Gasteiger partial charge in [0, 0.05) is 39.9 Å². The monoisotopic (exact) mass is 569 g/mol. The molecule has 0 radical (unpaired) electrons. The van der Waals surface area contributed by atoms with Crippen molar-refractivity contribution in [2.24, 2.45) is 23.7 Å². The SMILES string of the molecule is Cc1ccc(NC(=O)CCCCCN2C(=O)[C@@H]3[C@H]4C[C@@H]([C@H](Br)[C@H]4Br)[C@H]3C2=O)cc1[N+](=O)[O-]. The van der Waals surface area contributed by atoms with Crippen molar-refractivity contribution in [3.63, 3.8) is 0 Å². The van der Waals surface area contributed by atoms with E-state index >= 15 is 0 Å². The normalized spacial score (nSPS) is 30.7. The van der Waals surface area contributed by atoms with Gasteiger partial charge in [0.15, 0.2) is 0 Å². The summed E-state index contributed by atoms with van der Waals surface area (Å²) < 4.78 is 0. The summed E-state index contributed by atoms with van der Waals surface area (Å²) in [5.74, 6) is -0.210. The summed E-state index contributed by atoms with van der Waals surface area (Å²) in [6, 6.07) is 4.61. The van der Waals surface area contributed by atoms with Gasteiger partial charge in [-0.25, -0.2) is 0 Å². The molecule has 6 atom stereocenters. The number of carbonyl (C=O) groups is 3. The van der Waals surface area contributed by atoms with Crippen molar-refractivity contribution in [3.05, 3.63) is 33.9 Å². The van der Waals surface area contributed by atoms with Crippen molar-refractivity contribution in [2.75, 3.05) is 11.9 Å². The van der Waals surface area contributed by atoms with Crippen LogP contribution in [0.4, 0.5) is 11.4 Å². The zero-order chi connectivity index (χ0) is 23.2. The first kappa shape index (κ1) is 23.4. The molecular weight excluding hydrogens is 546 g/mol. The quantitative estimate of drug-likeness (QED) is 0.166. The number of alkyl halides is 2. The number of aryl methyl sites for hydroxylation is 1. The van der Waals surface area contributed by atoms with Gasteiger partial charge >= 0.3 is 0 Å². The summed E-state index contributed by atoms with van der Waals surface area (Å²) in [6.45, 7) is 2.05. The maximum Gasteiger partial charge on any atom is 0.274 e. The molecule has 4 rings (SSSR count). The summed E-state index contributed by atoms with van der Waals surface area (Å²) in [4.78, 5) is 50.4. The zero-order valence-corrected chi connectivity index (χ0v) is 20.8.